The molecule has 6 nitrogen and oxygen atoms in total. The van der Waals surface area contributed by atoms with Crippen molar-refractivity contribution in [2.45, 2.75) is 13.0 Å². The maximum atomic E-state index is 12.0. The standard InChI is InChI=1S/C15H19N3O3/c1-18(11-12-9-16-17-10-12)15(19)7-8-21-14-5-3-13(20-2)4-6-14/h3-6,9-10H,7-8,11H2,1-2H3,(H,16,17). The van der Waals surface area contributed by atoms with Gasteiger partial charge in [0, 0.05) is 25.4 Å². The average Bonchev–Trinajstić information content (AvgIpc) is 3.00. The van der Waals surface area contributed by atoms with E-state index in [0.29, 0.717) is 19.6 Å². The molecule has 1 N–H and O–H groups in total. The fraction of sp³-hybridized carbons (Fsp3) is 0.333. The van der Waals surface area contributed by atoms with Crippen LogP contribution in [0.1, 0.15) is 12.0 Å². The third-order valence-electron chi connectivity index (χ3n) is 3.04. The predicted octanol–water partition coefficient (Wildman–Crippen LogP) is 1.85. The van der Waals surface area contributed by atoms with Gasteiger partial charge in [0.1, 0.15) is 11.5 Å². The van der Waals surface area contributed by atoms with E-state index in [0.717, 1.165) is 17.1 Å². The lowest BCUT2D eigenvalue weighted by Gasteiger charge is -2.16. The van der Waals surface area contributed by atoms with Crippen molar-refractivity contribution in [2.24, 2.45) is 0 Å². The van der Waals surface area contributed by atoms with E-state index in [1.54, 1.807) is 31.5 Å². The zero-order valence-corrected chi connectivity index (χ0v) is 12.2. The van der Waals surface area contributed by atoms with Crippen molar-refractivity contribution in [1.82, 2.24) is 15.1 Å². The van der Waals surface area contributed by atoms with E-state index in [1.165, 1.54) is 0 Å². The van der Waals surface area contributed by atoms with Crippen LogP contribution >= 0.6 is 0 Å². The van der Waals surface area contributed by atoms with Gasteiger partial charge < -0.3 is 14.4 Å². The maximum Gasteiger partial charge on any atom is 0.226 e. The number of H-pyrrole nitrogens is 1. The van der Waals surface area contributed by atoms with Gasteiger partial charge in [0.25, 0.3) is 0 Å². The molecule has 1 aromatic carbocycles. The molecule has 2 rings (SSSR count). The Kier molecular flexibility index (Phi) is 5.20. The summed E-state index contributed by atoms with van der Waals surface area (Å²) in [5.74, 6) is 1.53. The van der Waals surface area contributed by atoms with Crippen molar-refractivity contribution >= 4 is 5.91 Å². The van der Waals surface area contributed by atoms with E-state index in [4.69, 9.17) is 9.47 Å². The Hall–Kier alpha value is -2.50. The molecule has 0 saturated heterocycles. The number of ether oxygens (including phenoxy) is 2. The fourth-order valence-electron chi connectivity index (χ4n) is 1.85. The number of aromatic amines is 1. The molecule has 0 aliphatic heterocycles. The van der Waals surface area contributed by atoms with Crippen molar-refractivity contribution in [3.8, 4) is 11.5 Å². The van der Waals surface area contributed by atoms with Gasteiger partial charge in [-0.15, -0.1) is 0 Å². The Morgan fingerprint density at radius 1 is 1.29 bits per heavy atom. The normalized spacial score (nSPS) is 10.2. The summed E-state index contributed by atoms with van der Waals surface area (Å²) in [5.41, 5.74) is 0.974. The summed E-state index contributed by atoms with van der Waals surface area (Å²) in [7, 11) is 3.38. The Morgan fingerprint density at radius 3 is 2.62 bits per heavy atom. The molecule has 2 aromatic rings. The molecule has 112 valence electrons. The Bertz CT molecular complexity index is 552. The summed E-state index contributed by atoms with van der Waals surface area (Å²) in [5, 5.41) is 6.58. The first kappa shape index (κ1) is 14.9. The van der Waals surface area contributed by atoms with Gasteiger partial charge in [-0.3, -0.25) is 9.89 Å². The molecule has 0 unspecified atom stereocenters. The van der Waals surface area contributed by atoms with Crippen molar-refractivity contribution in [2.75, 3.05) is 20.8 Å². The van der Waals surface area contributed by atoms with Crippen molar-refractivity contribution in [1.29, 1.82) is 0 Å². The number of carbonyl (C=O) groups is 1. The van der Waals surface area contributed by atoms with Gasteiger partial charge in [-0.05, 0) is 24.3 Å². The van der Waals surface area contributed by atoms with E-state index in [2.05, 4.69) is 10.2 Å². The van der Waals surface area contributed by atoms with Crippen LogP contribution in [0.4, 0.5) is 0 Å². The third kappa shape index (κ3) is 4.52. The first-order valence-corrected chi connectivity index (χ1v) is 6.67. The van der Waals surface area contributed by atoms with Crippen LogP contribution in [-0.4, -0.2) is 41.8 Å². The lowest BCUT2D eigenvalue weighted by molar-refractivity contribution is -0.130. The zero-order chi connectivity index (χ0) is 15.1. The van der Waals surface area contributed by atoms with Crippen LogP contribution in [0.3, 0.4) is 0 Å². The van der Waals surface area contributed by atoms with Gasteiger partial charge in [-0.1, -0.05) is 0 Å². The number of benzene rings is 1. The van der Waals surface area contributed by atoms with E-state index in [1.807, 2.05) is 24.3 Å². The molecule has 0 aliphatic rings. The van der Waals surface area contributed by atoms with Gasteiger partial charge in [0.05, 0.1) is 26.3 Å². The van der Waals surface area contributed by atoms with Gasteiger partial charge >= 0.3 is 0 Å². The number of nitrogens with one attached hydrogen (secondary N) is 1. The minimum atomic E-state index is 0.0321. The lowest BCUT2D eigenvalue weighted by atomic mass is 10.3. The SMILES string of the molecule is COc1ccc(OCCC(=O)N(C)Cc2cn[nH]c2)cc1. The van der Waals surface area contributed by atoms with Crippen LogP contribution < -0.4 is 9.47 Å². The Morgan fingerprint density at radius 2 is 2.00 bits per heavy atom. The Balaban J connectivity index is 1.73. The van der Waals surface area contributed by atoms with Crippen LogP contribution in [-0.2, 0) is 11.3 Å². The summed E-state index contributed by atoms with van der Waals surface area (Å²) < 4.78 is 10.6. The number of hydrogen-bond donors (Lipinski definition) is 1. The number of hydrogen-bond acceptors (Lipinski definition) is 4. The number of methoxy groups -OCH3 is 1. The number of aromatic nitrogens is 2. The molecule has 1 heterocycles. The summed E-state index contributed by atoms with van der Waals surface area (Å²) >= 11 is 0. The highest BCUT2D eigenvalue weighted by atomic mass is 16.5. The molecule has 0 saturated carbocycles. The van der Waals surface area contributed by atoms with Crippen molar-refractivity contribution in [3.05, 3.63) is 42.2 Å². The van der Waals surface area contributed by atoms with Gasteiger partial charge in [0.2, 0.25) is 5.91 Å². The quantitative estimate of drug-likeness (QED) is 0.844. The topological polar surface area (TPSA) is 67.5 Å². The molecule has 1 amide bonds. The summed E-state index contributed by atoms with van der Waals surface area (Å²) in [6, 6.07) is 7.28. The van der Waals surface area contributed by atoms with E-state index in [-0.39, 0.29) is 5.91 Å². The van der Waals surface area contributed by atoms with E-state index < -0.39 is 0 Å². The van der Waals surface area contributed by atoms with Crippen LogP contribution in [0.5, 0.6) is 11.5 Å². The first-order chi connectivity index (χ1) is 10.2. The van der Waals surface area contributed by atoms with Gasteiger partial charge in [-0.25, -0.2) is 0 Å². The molecule has 0 radical (unpaired) electrons. The fourth-order valence-corrected chi connectivity index (χ4v) is 1.85. The predicted molar refractivity (Wildman–Crippen MR) is 78.2 cm³/mol. The number of carbonyl (C=O) groups excluding carboxylic acids is 1. The highest BCUT2D eigenvalue weighted by molar-refractivity contribution is 5.75. The summed E-state index contributed by atoms with van der Waals surface area (Å²) in [6.07, 6.45) is 3.82. The van der Waals surface area contributed by atoms with Gasteiger partial charge in [-0.2, -0.15) is 5.10 Å². The van der Waals surface area contributed by atoms with Crippen LogP contribution in [0.25, 0.3) is 0 Å². The molecule has 1 aromatic heterocycles. The highest BCUT2D eigenvalue weighted by Crippen LogP contribution is 2.17. The molecule has 0 bridgehead atoms. The molecule has 6 heteroatoms. The minimum Gasteiger partial charge on any atom is -0.497 e. The maximum absolute atomic E-state index is 12.0. The third-order valence-corrected chi connectivity index (χ3v) is 3.04. The van der Waals surface area contributed by atoms with Crippen molar-refractivity contribution < 1.29 is 14.3 Å². The Labute approximate surface area is 123 Å². The summed E-state index contributed by atoms with van der Waals surface area (Å²) in [4.78, 5) is 13.6. The molecular weight excluding hydrogens is 270 g/mol. The zero-order valence-electron chi connectivity index (χ0n) is 12.2. The number of rotatable bonds is 7. The molecule has 21 heavy (non-hydrogen) atoms. The molecule has 0 spiro atoms. The number of nitrogens with zero attached hydrogens (tertiary/aromatic N) is 2. The molecule has 0 atom stereocenters. The second kappa shape index (κ2) is 7.33. The van der Waals surface area contributed by atoms with Crippen LogP contribution in [0.15, 0.2) is 36.7 Å². The molecular formula is C15H19N3O3. The molecule has 0 fully saturated rings. The highest BCUT2D eigenvalue weighted by Gasteiger charge is 2.10. The smallest absolute Gasteiger partial charge is 0.226 e. The minimum absolute atomic E-state index is 0.0321. The van der Waals surface area contributed by atoms with Gasteiger partial charge in [0.15, 0.2) is 0 Å². The number of amides is 1. The largest absolute Gasteiger partial charge is 0.497 e. The first-order valence-electron chi connectivity index (χ1n) is 6.67. The van der Waals surface area contributed by atoms with Crippen LogP contribution in [0.2, 0.25) is 0 Å². The monoisotopic (exact) mass is 289 g/mol. The average molecular weight is 289 g/mol. The van der Waals surface area contributed by atoms with Crippen molar-refractivity contribution in [3.63, 3.8) is 0 Å². The van der Waals surface area contributed by atoms with E-state index >= 15 is 0 Å². The lowest BCUT2D eigenvalue weighted by Crippen LogP contribution is -2.27. The second-order valence-electron chi connectivity index (χ2n) is 4.63. The summed E-state index contributed by atoms with van der Waals surface area (Å²) in [6.45, 7) is 0.888. The second-order valence-corrected chi connectivity index (χ2v) is 4.63. The van der Waals surface area contributed by atoms with Crippen LogP contribution in [0, 0.1) is 0 Å². The molecule has 0 aliphatic carbocycles. The van der Waals surface area contributed by atoms with E-state index in [9.17, 15) is 4.79 Å².